The van der Waals surface area contributed by atoms with Crippen LogP contribution in [-0.2, 0) is 15.0 Å². The van der Waals surface area contributed by atoms with E-state index in [1.54, 1.807) is 18.2 Å². The Bertz CT molecular complexity index is 675. The van der Waals surface area contributed by atoms with Gasteiger partial charge in [0.05, 0.1) is 13.2 Å². The third-order valence-electron chi connectivity index (χ3n) is 3.53. The Balaban J connectivity index is 1.88. The minimum atomic E-state index is -4.72. The van der Waals surface area contributed by atoms with E-state index in [1.165, 1.54) is 4.90 Å². The van der Waals surface area contributed by atoms with Crippen molar-refractivity contribution in [2.24, 2.45) is 0 Å². The van der Waals surface area contributed by atoms with Crippen LogP contribution in [0.4, 0.5) is 9.57 Å². The number of benzene rings is 1. The molecule has 1 fully saturated rings. The van der Waals surface area contributed by atoms with Crippen LogP contribution < -0.4 is 14.4 Å². The minimum Gasteiger partial charge on any atom is -0.490 e. The van der Waals surface area contributed by atoms with Gasteiger partial charge >= 0.3 is 10.2 Å². The molecule has 1 amide bonds. The molecule has 0 bridgehead atoms. The van der Waals surface area contributed by atoms with E-state index in [1.807, 2.05) is 0 Å². The molecule has 0 aliphatic carbocycles. The van der Waals surface area contributed by atoms with Crippen molar-refractivity contribution >= 4 is 21.8 Å². The van der Waals surface area contributed by atoms with Gasteiger partial charge in [-0.25, -0.2) is 0 Å². The van der Waals surface area contributed by atoms with Crippen LogP contribution >= 0.6 is 0 Å². The predicted octanol–water partition coefficient (Wildman–Crippen LogP) is 1.25. The smallest absolute Gasteiger partial charge is 0.307 e. The number of fused-ring (bicyclic) bond motifs is 1. The number of amides is 1. The zero-order valence-corrected chi connectivity index (χ0v) is 11.9. The fourth-order valence-corrected chi connectivity index (χ4v) is 3.10. The number of hydrogen-bond donors (Lipinski definition) is 0. The number of ether oxygens (including phenoxy) is 2. The van der Waals surface area contributed by atoms with Gasteiger partial charge in [-0.2, -0.15) is 8.42 Å². The summed E-state index contributed by atoms with van der Waals surface area (Å²) in [5, 5.41) is -1.30. The molecule has 0 aromatic heterocycles. The zero-order valence-electron chi connectivity index (χ0n) is 11.1. The third kappa shape index (κ3) is 2.80. The first-order chi connectivity index (χ1) is 9.95. The standard InChI is InChI=1S/C13H14FNO5S/c14-21(17,18)10-7-13(16)15(8-10)9-2-3-11-12(6-9)20-5-1-4-19-11/h2-3,6,10H,1,4-5,7-8H2. The van der Waals surface area contributed by atoms with Gasteiger partial charge in [0.2, 0.25) is 5.91 Å². The summed E-state index contributed by atoms with van der Waals surface area (Å²) in [4.78, 5) is 13.2. The highest BCUT2D eigenvalue weighted by atomic mass is 32.3. The molecule has 0 N–H and O–H groups in total. The number of nitrogens with zero attached hydrogens (tertiary/aromatic N) is 1. The fraction of sp³-hybridized carbons (Fsp3) is 0.462. The topological polar surface area (TPSA) is 72.9 Å². The number of carbonyl (C=O) groups is 1. The van der Waals surface area contributed by atoms with Gasteiger partial charge in [0, 0.05) is 31.1 Å². The lowest BCUT2D eigenvalue weighted by Gasteiger charge is -2.18. The first-order valence-electron chi connectivity index (χ1n) is 6.58. The van der Waals surface area contributed by atoms with E-state index in [9.17, 15) is 17.1 Å². The van der Waals surface area contributed by atoms with Gasteiger partial charge in [-0.15, -0.1) is 3.89 Å². The van der Waals surface area contributed by atoms with Crippen LogP contribution in [0.1, 0.15) is 12.8 Å². The molecule has 21 heavy (non-hydrogen) atoms. The van der Waals surface area contributed by atoms with E-state index in [0.717, 1.165) is 6.42 Å². The Morgan fingerprint density at radius 2 is 1.90 bits per heavy atom. The average Bonchev–Trinajstić information content (AvgIpc) is 2.68. The number of carbonyl (C=O) groups excluding carboxylic acids is 1. The van der Waals surface area contributed by atoms with Crippen molar-refractivity contribution in [1.29, 1.82) is 0 Å². The highest BCUT2D eigenvalue weighted by Crippen LogP contribution is 2.35. The maximum Gasteiger partial charge on any atom is 0.307 e. The zero-order chi connectivity index (χ0) is 15.0. The lowest BCUT2D eigenvalue weighted by molar-refractivity contribution is -0.117. The monoisotopic (exact) mass is 315 g/mol. The van der Waals surface area contributed by atoms with E-state index in [0.29, 0.717) is 30.4 Å². The first-order valence-corrected chi connectivity index (χ1v) is 8.03. The highest BCUT2D eigenvalue weighted by molar-refractivity contribution is 7.87. The van der Waals surface area contributed by atoms with E-state index in [4.69, 9.17) is 9.47 Å². The van der Waals surface area contributed by atoms with Gasteiger partial charge in [0.25, 0.3) is 0 Å². The molecule has 114 valence electrons. The summed E-state index contributed by atoms with van der Waals surface area (Å²) in [6, 6.07) is 4.92. The molecule has 2 heterocycles. The summed E-state index contributed by atoms with van der Waals surface area (Å²) in [5.74, 6) is 0.664. The van der Waals surface area contributed by atoms with Crippen molar-refractivity contribution in [1.82, 2.24) is 0 Å². The molecular weight excluding hydrogens is 301 g/mol. The van der Waals surface area contributed by atoms with Gasteiger partial charge in [0.15, 0.2) is 11.5 Å². The second-order valence-corrected chi connectivity index (χ2v) is 6.61. The molecule has 8 heteroatoms. The summed E-state index contributed by atoms with van der Waals surface area (Å²) in [6.07, 6.45) is 0.419. The Morgan fingerprint density at radius 3 is 2.57 bits per heavy atom. The Hall–Kier alpha value is -1.83. The van der Waals surface area contributed by atoms with Gasteiger partial charge in [-0.05, 0) is 12.1 Å². The van der Waals surface area contributed by atoms with Gasteiger partial charge in [0.1, 0.15) is 5.25 Å². The molecule has 1 unspecified atom stereocenters. The molecule has 0 spiro atoms. The third-order valence-corrected chi connectivity index (χ3v) is 4.64. The molecule has 1 atom stereocenters. The van der Waals surface area contributed by atoms with E-state index < -0.39 is 21.4 Å². The first kappa shape index (κ1) is 14.1. The lowest BCUT2D eigenvalue weighted by atomic mass is 10.2. The normalized spacial score (nSPS) is 22.2. The summed E-state index contributed by atoms with van der Waals surface area (Å²) in [7, 11) is -4.72. The van der Waals surface area contributed by atoms with Crippen molar-refractivity contribution in [3.63, 3.8) is 0 Å². The van der Waals surface area contributed by atoms with E-state index >= 15 is 0 Å². The molecule has 0 saturated carbocycles. The largest absolute Gasteiger partial charge is 0.490 e. The van der Waals surface area contributed by atoms with Crippen LogP contribution in [0.25, 0.3) is 0 Å². The molecular formula is C13H14FNO5S. The maximum atomic E-state index is 13.0. The second kappa shape index (κ2) is 5.18. The van der Waals surface area contributed by atoms with Gasteiger partial charge in [-0.1, -0.05) is 0 Å². The van der Waals surface area contributed by atoms with Gasteiger partial charge in [-0.3, -0.25) is 4.79 Å². The van der Waals surface area contributed by atoms with Crippen molar-refractivity contribution in [2.75, 3.05) is 24.7 Å². The Morgan fingerprint density at radius 1 is 1.19 bits per heavy atom. The summed E-state index contributed by atoms with van der Waals surface area (Å²) < 4.78 is 45.9. The minimum absolute atomic E-state index is 0.183. The Kier molecular flexibility index (Phi) is 3.48. The summed E-state index contributed by atoms with van der Waals surface area (Å²) in [5.41, 5.74) is 0.482. The van der Waals surface area contributed by atoms with Crippen molar-refractivity contribution in [3.05, 3.63) is 18.2 Å². The second-order valence-electron chi connectivity index (χ2n) is 4.99. The predicted molar refractivity (Wildman–Crippen MR) is 72.8 cm³/mol. The highest BCUT2D eigenvalue weighted by Gasteiger charge is 2.39. The summed E-state index contributed by atoms with van der Waals surface area (Å²) in [6.45, 7) is 0.875. The number of rotatable bonds is 2. The maximum absolute atomic E-state index is 13.0. The Labute approximate surface area is 121 Å². The van der Waals surface area contributed by atoms with Crippen molar-refractivity contribution < 1.29 is 26.6 Å². The SMILES string of the molecule is O=C1CC(S(=O)(=O)F)CN1c1ccc2c(c1)OCCCO2. The number of halogens is 1. The van der Waals surface area contributed by atoms with Crippen LogP contribution in [0.5, 0.6) is 11.5 Å². The molecule has 1 aromatic rings. The number of anilines is 1. The quantitative estimate of drug-likeness (QED) is 0.768. The van der Waals surface area contributed by atoms with Crippen LogP contribution in [0, 0.1) is 0 Å². The average molecular weight is 315 g/mol. The molecule has 1 saturated heterocycles. The van der Waals surface area contributed by atoms with Crippen LogP contribution in [0.3, 0.4) is 0 Å². The van der Waals surface area contributed by atoms with Crippen molar-refractivity contribution in [3.8, 4) is 11.5 Å². The van der Waals surface area contributed by atoms with Crippen LogP contribution in [0.15, 0.2) is 18.2 Å². The van der Waals surface area contributed by atoms with E-state index in [2.05, 4.69) is 0 Å². The molecule has 1 aromatic carbocycles. The van der Waals surface area contributed by atoms with Crippen LogP contribution in [-0.4, -0.2) is 39.3 Å². The number of hydrogen-bond acceptors (Lipinski definition) is 5. The lowest BCUT2D eigenvalue weighted by Crippen LogP contribution is -2.26. The van der Waals surface area contributed by atoms with Gasteiger partial charge < -0.3 is 14.4 Å². The molecule has 2 aliphatic rings. The molecule has 0 radical (unpaired) electrons. The fourth-order valence-electron chi connectivity index (χ4n) is 2.43. The molecule has 2 aliphatic heterocycles. The molecule has 3 rings (SSSR count). The van der Waals surface area contributed by atoms with Crippen molar-refractivity contribution in [2.45, 2.75) is 18.1 Å². The van der Waals surface area contributed by atoms with E-state index in [-0.39, 0.29) is 13.0 Å². The molecule has 6 nitrogen and oxygen atoms in total. The van der Waals surface area contributed by atoms with Crippen LogP contribution in [0.2, 0.25) is 0 Å². The summed E-state index contributed by atoms with van der Waals surface area (Å²) >= 11 is 0.